The second kappa shape index (κ2) is 25.6. The molecule has 3 aromatic rings. The van der Waals surface area contributed by atoms with E-state index in [-0.39, 0.29) is 58.2 Å². The molecule has 0 saturated carbocycles. The molecule has 2 aromatic carbocycles. The number of nitrogens with one attached hydrogen (secondary N) is 3. The highest BCUT2D eigenvalue weighted by molar-refractivity contribution is 5.95. The number of hydrazine groups is 1. The number of amides is 2. The number of likely N-dealkylation sites (N-methyl/N-ethyl adjacent to an activating group) is 2. The summed E-state index contributed by atoms with van der Waals surface area (Å²) in [5.74, 6) is 1.13. The number of aryl methyl sites for hydroxylation is 1. The molecule has 13 heteroatoms. The SMILES string of the molecule is CC[N+](CC)(CC)CCOc1cc(OCC[N+](CC)(CC)CC)cc(C(=O)NCCCCCC(=O)NNc2c3c(nc4ccccc24)CCCC3)c1.Cl.[Br-].[Br-]. The van der Waals surface area contributed by atoms with E-state index in [1.165, 1.54) is 5.56 Å². The number of carbonyl (C=O) groups excluding carboxylic acids is 2. The molecule has 310 valence electrons. The first-order chi connectivity index (χ1) is 25.2. The van der Waals surface area contributed by atoms with E-state index in [2.05, 4.69) is 63.8 Å². The van der Waals surface area contributed by atoms with Gasteiger partial charge in [0.25, 0.3) is 5.91 Å². The summed E-state index contributed by atoms with van der Waals surface area (Å²) in [6.45, 7) is 23.3. The van der Waals surface area contributed by atoms with Crippen LogP contribution in [0.1, 0.15) is 102 Å². The van der Waals surface area contributed by atoms with E-state index in [1.807, 2.05) is 36.4 Å². The maximum Gasteiger partial charge on any atom is 0.251 e. The highest BCUT2D eigenvalue weighted by atomic mass is 79.9. The van der Waals surface area contributed by atoms with E-state index in [0.717, 1.165) is 129 Å². The van der Waals surface area contributed by atoms with Crippen molar-refractivity contribution in [2.75, 3.05) is 77.5 Å². The van der Waals surface area contributed by atoms with Crippen LogP contribution in [0, 0.1) is 0 Å². The molecule has 1 aliphatic carbocycles. The number of halogens is 3. The second-order valence-electron chi connectivity index (χ2n) is 14.3. The third kappa shape index (κ3) is 14.4. The van der Waals surface area contributed by atoms with Gasteiger partial charge in [0.05, 0.1) is 50.5 Å². The van der Waals surface area contributed by atoms with Crippen LogP contribution in [-0.4, -0.2) is 97.9 Å². The van der Waals surface area contributed by atoms with Crippen molar-refractivity contribution in [1.82, 2.24) is 15.7 Å². The fourth-order valence-corrected chi connectivity index (χ4v) is 7.48. The lowest BCUT2D eigenvalue weighted by molar-refractivity contribution is -0.923. The monoisotopic (exact) mass is 912 g/mol. The van der Waals surface area contributed by atoms with Crippen molar-refractivity contribution in [1.29, 1.82) is 0 Å². The zero-order chi connectivity index (χ0) is 37.4. The summed E-state index contributed by atoms with van der Waals surface area (Å²) in [5, 5.41) is 4.11. The lowest BCUT2D eigenvalue weighted by Crippen LogP contribution is -3.00. The van der Waals surface area contributed by atoms with Gasteiger partial charge in [-0.25, -0.2) is 0 Å². The fourth-order valence-electron chi connectivity index (χ4n) is 7.48. The third-order valence-corrected chi connectivity index (χ3v) is 11.7. The molecule has 1 heterocycles. The highest BCUT2D eigenvalue weighted by Crippen LogP contribution is 2.33. The van der Waals surface area contributed by atoms with Crippen LogP contribution >= 0.6 is 12.4 Å². The van der Waals surface area contributed by atoms with E-state index in [0.29, 0.717) is 43.2 Å². The van der Waals surface area contributed by atoms with Crippen molar-refractivity contribution in [2.24, 2.45) is 0 Å². The molecule has 55 heavy (non-hydrogen) atoms. The number of pyridine rings is 1. The minimum atomic E-state index is -0.147. The first-order valence-corrected chi connectivity index (χ1v) is 20.1. The number of carbonyl (C=O) groups is 2. The number of hydrogen-bond acceptors (Lipinski definition) is 6. The molecular weight excluding hydrogens is 848 g/mol. The average Bonchev–Trinajstić information content (AvgIpc) is 3.18. The molecule has 1 aromatic heterocycles. The van der Waals surface area contributed by atoms with Crippen LogP contribution in [0.15, 0.2) is 42.5 Å². The zero-order valence-electron chi connectivity index (χ0n) is 34.1. The summed E-state index contributed by atoms with van der Waals surface area (Å²) >= 11 is 0. The number of benzene rings is 2. The number of fused-ring (bicyclic) bond motifs is 2. The molecule has 1 aliphatic rings. The summed E-state index contributed by atoms with van der Waals surface area (Å²) in [7, 11) is 0. The van der Waals surface area contributed by atoms with Crippen LogP contribution in [0.4, 0.5) is 5.69 Å². The topological polar surface area (TPSA) is 102 Å². The van der Waals surface area contributed by atoms with Crippen molar-refractivity contribution in [2.45, 2.75) is 92.9 Å². The molecule has 3 N–H and O–H groups in total. The Bertz CT molecular complexity index is 1540. The van der Waals surface area contributed by atoms with Crippen LogP contribution in [0.2, 0.25) is 0 Å². The molecule has 0 unspecified atom stereocenters. The summed E-state index contributed by atoms with van der Waals surface area (Å²) in [6, 6.07) is 13.7. The molecule has 0 bridgehead atoms. The number of anilines is 1. The lowest BCUT2D eigenvalue weighted by atomic mass is 9.93. The van der Waals surface area contributed by atoms with Gasteiger partial charge in [-0.15, -0.1) is 12.4 Å². The van der Waals surface area contributed by atoms with Crippen LogP contribution in [-0.2, 0) is 17.6 Å². The Hall–Kier alpha value is -2.64. The third-order valence-electron chi connectivity index (χ3n) is 11.7. The number of ether oxygens (including phenoxy) is 2. The molecule has 0 aliphatic heterocycles. The summed E-state index contributed by atoms with van der Waals surface area (Å²) in [6.07, 6.45) is 6.99. The Labute approximate surface area is 358 Å². The maximum absolute atomic E-state index is 13.3. The lowest BCUT2D eigenvalue weighted by Gasteiger charge is -2.35. The number of para-hydroxylation sites is 1. The van der Waals surface area contributed by atoms with Gasteiger partial charge >= 0.3 is 0 Å². The number of hydrogen-bond donors (Lipinski definition) is 3. The van der Waals surface area contributed by atoms with Crippen LogP contribution in [0.3, 0.4) is 0 Å². The van der Waals surface area contributed by atoms with Gasteiger partial charge in [0, 0.05) is 35.7 Å². The zero-order valence-corrected chi connectivity index (χ0v) is 38.1. The molecule has 2 amide bonds. The number of rotatable bonds is 23. The molecule has 0 spiro atoms. The Morgan fingerprint density at radius 1 is 0.745 bits per heavy atom. The maximum atomic E-state index is 13.3. The minimum Gasteiger partial charge on any atom is -1.00 e. The normalized spacial score (nSPS) is 12.3. The van der Waals surface area contributed by atoms with Crippen molar-refractivity contribution >= 4 is 40.8 Å². The Kier molecular flexibility index (Phi) is 23.4. The Balaban J connectivity index is 0.00000504. The smallest absolute Gasteiger partial charge is 0.251 e. The van der Waals surface area contributed by atoms with Crippen molar-refractivity contribution in [3.8, 4) is 11.5 Å². The summed E-state index contributed by atoms with van der Waals surface area (Å²) in [5.41, 5.74) is 11.0. The van der Waals surface area contributed by atoms with Gasteiger partial charge in [-0.1, -0.05) is 24.6 Å². The van der Waals surface area contributed by atoms with Crippen LogP contribution < -0.4 is 59.6 Å². The van der Waals surface area contributed by atoms with Crippen molar-refractivity contribution in [3.05, 3.63) is 59.3 Å². The molecule has 0 atom stereocenters. The van der Waals surface area contributed by atoms with Crippen LogP contribution in [0.5, 0.6) is 11.5 Å². The quantitative estimate of drug-likeness (QED) is 0.0759. The largest absolute Gasteiger partial charge is 1.00 e. The van der Waals surface area contributed by atoms with Gasteiger partial charge in [0.2, 0.25) is 5.91 Å². The first kappa shape index (κ1) is 50.4. The fraction of sp³-hybridized carbons (Fsp3) is 0.595. The van der Waals surface area contributed by atoms with Gasteiger partial charge in [-0.2, -0.15) is 0 Å². The number of quaternary nitrogens is 2. The minimum absolute atomic E-state index is 0. The number of nitrogens with zero attached hydrogens (tertiary/aromatic N) is 3. The summed E-state index contributed by atoms with van der Waals surface area (Å²) < 4.78 is 14.5. The molecule has 0 saturated heterocycles. The van der Waals surface area contributed by atoms with E-state index in [4.69, 9.17) is 14.5 Å². The van der Waals surface area contributed by atoms with E-state index >= 15 is 0 Å². The number of aromatic nitrogens is 1. The van der Waals surface area contributed by atoms with E-state index in [9.17, 15) is 9.59 Å². The standard InChI is InChI=1S/C42H64N6O4.2BrH.ClH/c1-7-47(8-2,9-3)26-28-51-34-30-33(31-35(32-34)52-29-27-48(10-4,11-5)12-6)42(50)43-25-19-13-14-24-40(49)45-46-41-36-20-15-17-22-38(36)44-39-23-18-16-21-37(39)41;;;/h15,17,20,22,30-32H,7-14,16,18-19,21,23-29H2,1-6H3,(H-2,43,44,45,46,49,50);3*1H. The predicted molar refractivity (Wildman–Crippen MR) is 219 cm³/mol. The van der Waals surface area contributed by atoms with Crippen molar-refractivity contribution < 1.29 is 62.0 Å². The number of unbranched alkanes of at least 4 members (excludes halogenated alkanes) is 2. The van der Waals surface area contributed by atoms with Gasteiger partial charge in [-0.05, 0) is 104 Å². The average molecular weight is 915 g/mol. The van der Waals surface area contributed by atoms with Crippen molar-refractivity contribution in [3.63, 3.8) is 0 Å². The van der Waals surface area contributed by atoms with Gasteiger partial charge in [0.15, 0.2) is 0 Å². The molecule has 0 radical (unpaired) electrons. The molecular formula is C42H67Br2ClN6O4. The van der Waals surface area contributed by atoms with Gasteiger partial charge in [-0.3, -0.25) is 25.4 Å². The van der Waals surface area contributed by atoms with E-state index in [1.54, 1.807) is 0 Å². The summed E-state index contributed by atoms with van der Waals surface area (Å²) in [4.78, 5) is 31.0. The van der Waals surface area contributed by atoms with Gasteiger partial charge in [0.1, 0.15) is 37.8 Å². The second-order valence-corrected chi connectivity index (χ2v) is 14.3. The predicted octanol–water partition coefficient (Wildman–Crippen LogP) is 1.49. The van der Waals surface area contributed by atoms with Crippen LogP contribution in [0.25, 0.3) is 10.9 Å². The van der Waals surface area contributed by atoms with Gasteiger partial charge < -0.3 is 57.7 Å². The first-order valence-electron chi connectivity index (χ1n) is 20.1. The molecule has 0 fully saturated rings. The van der Waals surface area contributed by atoms with E-state index < -0.39 is 0 Å². The molecule has 4 rings (SSSR count). The Morgan fingerprint density at radius 2 is 1.31 bits per heavy atom. The Morgan fingerprint density at radius 3 is 1.89 bits per heavy atom. The highest BCUT2D eigenvalue weighted by Gasteiger charge is 2.23. The molecule has 10 nitrogen and oxygen atoms in total.